The third kappa shape index (κ3) is 4.49. The summed E-state index contributed by atoms with van der Waals surface area (Å²) in [5.74, 6) is 0.435. The predicted molar refractivity (Wildman–Crippen MR) is 94.9 cm³/mol. The molecule has 0 spiro atoms. The van der Waals surface area contributed by atoms with Crippen molar-refractivity contribution in [2.45, 2.75) is 37.9 Å². The molecule has 4 rings (SSSR count). The van der Waals surface area contributed by atoms with Gasteiger partial charge in [-0.2, -0.15) is 10.4 Å². The average Bonchev–Trinajstić information content (AvgIpc) is 3.03. The van der Waals surface area contributed by atoms with Crippen LogP contribution in [0.15, 0.2) is 24.3 Å². The molecule has 0 saturated heterocycles. The Morgan fingerprint density at radius 2 is 2.13 bits per heavy atom. The predicted octanol–water partition coefficient (Wildman–Crippen LogP) is 2.18. The summed E-state index contributed by atoms with van der Waals surface area (Å²) in [6, 6.07) is 8.25. The van der Waals surface area contributed by atoms with Gasteiger partial charge in [-0.1, -0.05) is 0 Å². The van der Waals surface area contributed by atoms with E-state index in [1.54, 1.807) is 18.2 Å². The number of ether oxygens (including phenoxy) is 3. The molecule has 3 heterocycles. The minimum absolute atomic E-state index is 0.0454. The molecule has 0 aliphatic carbocycles. The van der Waals surface area contributed by atoms with E-state index in [0.29, 0.717) is 17.7 Å². The largest absolute Gasteiger partial charge is 0.522 e. The standard InChI is InChI=1S/C19H17F3N4O4/c20-19(21,22)30-14-3-4-26-17(29-10-14)7-15(25-26)18(27)24-13-6-12-5-11(8-23)1-2-16(12)28-9-13/h1-2,5,7,13-14H,3-4,6,9-10H2,(H,24,27)/t13-,14-/m1/s1. The molecule has 11 heteroatoms. The maximum atomic E-state index is 12.6. The van der Waals surface area contributed by atoms with E-state index in [1.807, 2.05) is 0 Å². The topological polar surface area (TPSA) is 98.4 Å². The number of benzene rings is 1. The average molecular weight is 422 g/mol. The van der Waals surface area contributed by atoms with Crippen LogP contribution in [0.4, 0.5) is 13.2 Å². The fourth-order valence-corrected chi connectivity index (χ4v) is 3.41. The van der Waals surface area contributed by atoms with E-state index in [2.05, 4.69) is 21.2 Å². The van der Waals surface area contributed by atoms with Crippen LogP contribution in [0.5, 0.6) is 11.6 Å². The first-order chi connectivity index (χ1) is 14.3. The van der Waals surface area contributed by atoms with E-state index >= 15 is 0 Å². The number of aryl methyl sites for hydroxylation is 1. The number of carbonyl (C=O) groups excluding carboxylic acids is 1. The SMILES string of the molecule is N#Cc1ccc2c(c1)C[C@@H](NC(=O)c1cc3n(n1)CC[C@@H](OC(F)(F)F)CO3)CO2. The molecule has 1 aromatic heterocycles. The van der Waals surface area contributed by atoms with Crippen LogP contribution in [-0.4, -0.2) is 47.4 Å². The molecule has 0 bridgehead atoms. The van der Waals surface area contributed by atoms with Crippen LogP contribution in [0.25, 0.3) is 0 Å². The van der Waals surface area contributed by atoms with Crippen molar-refractivity contribution in [3.63, 3.8) is 0 Å². The Hall–Kier alpha value is -3.26. The lowest BCUT2D eigenvalue weighted by atomic mass is 10.0. The molecule has 8 nitrogen and oxygen atoms in total. The summed E-state index contributed by atoms with van der Waals surface area (Å²) < 4.78 is 53.5. The second kappa shape index (κ2) is 7.87. The number of fused-ring (bicyclic) bond motifs is 2. The molecule has 2 atom stereocenters. The van der Waals surface area contributed by atoms with Crippen molar-refractivity contribution in [3.05, 3.63) is 41.1 Å². The lowest BCUT2D eigenvalue weighted by Gasteiger charge is -2.26. The van der Waals surface area contributed by atoms with E-state index in [0.717, 1.165) is 5.56 Å². The maximum Gasteiger partial charge on any atom is 0.522 e. The monoisotopic (exact) mass is 422 g/mol. The fraction of sp³-hybridized carbons (Fsp3) is 0.421. The first-order valence-corrected chi connectivity index (χ1v) is 9.22. The van der Waals surface area contributed by atoms with Crippen molar-refractivity contribution < 1.29 is 32.2 Å². The number of amides is 1. The molecule has 158 valence electrons. The van der Waals surface area contributed by atoms with Crippen molar-refractivity contribution in [2.75, 3.05) is 13.2 Å². The van der Waals surface area contributed by atoms with Gasteiger partial charge in [-0.25, -0.2) is 4.68 Å². The highest BCUT2D eigenvalue weighted by molar-refractivity contribution is 5.92. The van der Waals surface area contributed by atoms with Gasteiger partial charge in [-0.3, -0.25) is 9.53 Å². The van der Waals surface area contributed by atoms with Gasteiger partial charge in [0.25, 0.3) is 5.91 Å². The Morgan fingerprint density at radius 3 is 2.90 bits per heavy atom. The van der Waals surface area contributed by atoms with E-state index in [4.69, 9.17) is 14.7 Å². The number of nitrogens with one attached hydrogen (secondary N) is 1. The lowest BCUT2D eigenvalue weighted by molar-refractivity contribution is -0.345. The van der Waals surface area contributed by atoms with E-state index in [1.165, 1.54) is 10.7 Å². The van der Waals surface area contributed by atoms with Crippen LogP contribution in [0.2, 0.25) is 0 Å². The fourth-order valence-electron chi connectivity index (χ4n) is 3.41. The number of halogens is 3. The van der Waals surface area contributed by atoms with Gasteiger partial charge in [0.05, 0.1) is 17.7 Å². The van der Waals surface area contributed by atoms with Crippen LogP contribution in [0.3, 0.4) is 0 Å². The van der Waals surface area contributed by atoms with Gasteiger partial charge in [0, 0.05) is 12.6 Å². The number of nitrogens with zero attached hydrogens (tertiary/aromatic N) is 3. The van der Waals surface area contributed by atoms with Crippen LogP contribution in [0.1, 0.15) is 28.0 Å². The normalized spacial score (nSPS) is 20.6. The molecule has 30 heavy (non-hydrogen) atoms. The Balaban J connectivity index is 1.38. The molecule has 2 aliphatic rings. The minimum Gasteiger partial charge on any atom is -0.491 e. The summed E-state index contributed by atoms with van der Waals surface area (Å²) in [5.41, 5.74) is 1.43. The van der Waals surface area contributed by atoms with Gasteiger partial charge in [0.2, 0.25) is 5.88 Å². The molecule has 0 saturated carbocycles. The number of nitriles is 1. The van der Waals surface area contributed by atoms with Crippen molar-refractivity contribution in [1.82, 2.24) is 15.1 Å². The van der Waals surface area contributed by atoms with Gasteiger partial charge in [0.1, 0.15) is 25.1 Å². The first-order valence-electron chi connectivity index (χ1n) is 9.22. The van der Waals surface area contributed by atoms with Crippen LogP contribution in [0, 0.1) is 11.3 Å². The Labute approximate surface area is 169 Å². The molecule has 1 aromatic carbocycles. The molecule has 2 aliphatic heterocycles. The Kier molecular flexibility index (Phi) is 5.26. The summed E-state index contributed by atoms with van der Waals surface area (Å²) in [7, 11) is 0. The lowest BCUT2D eigenvalue weighted by Crippen LogP contribution is -2.42. The molecule has 2 aromatic rings. The highest BCUT2D eigenvalue weighted by Crippen LogP contribution is 2.27. The third-order valence-electron chi connectivity index (χ3n) is 4.79. The third-order valence-corrected chi connectivity index (χ3v) is 4.79. The summed E-state index contributed by atoms with van der Waals surface area (Å²) in [6.07, 6.45) is -5.33. The number of hydrogen-bond acceptors (Lipinski definition) is 6. The van der Waals surface area contributed by atoms with Crippen molar-refractivity contribution in [2.24, 2.45) is 0 Å². The second-order valence-electron chi connectivity index (χ2n) is 7.00. The maximum absolute atomic E-state index is 12.6. The zero-order chi connectivity index (χ0) is 21.3. The van der Waals surface area contributed by atoms with Crippen molar-refractivity contribution >= 4 is 5.91 Å². The van der Waals surface area contributed by atoms with Crippen molar-refractivity contribution in [1.29, 1.82) is 5.26 Å². The van der Waals surface area contributed by atoms with Gasteiger partial charge in [0.15, 0.2) is 5.69 Å². The van der Waals surface area contributed by atoms with E-state index < -0.39 is 18.4 Å². The number of alkyl halides is 3. The summed E-state index contributed by atoms with van der Waals surface area (Å²) >= 11 is 0. The van der Waals surface area contributed by atoms with Crippen LogP contribution < -0.4 is 14.8 Å². The number of carbonyl (C=O) groups is 1. The van der Waals surface area contributed by atoms with E-state index in [-0.39, 0.29) is 43.8 Å². The highest BCUT2D eigenvalue weighted by atomic mass is 19.4. The molecular weight excluding hydrogens is 405 g/mol. The number of rotatable bonds is 3. The number of aromatic nitrogens is 2. The van der Waals surface area contributed by atoms with Gasteiger partial charge in [-0.15, -0.1) is 13.2 Å². The molecule has 1 N–H and O–H groups in total. The Morgan fingerprint density at radius 1 is 1.30 bits per heavy atom. The van der Waals surface area contributed by atoms with Crippen LogP contribution >= 0.6 is 0 Å². The van der Waals surface area contributed by atoms with Gasteiger partial charge >= 0.3 is 6.36 Å². The molecule has 1 amide bonds. The molecular formula is C19H17F3N4O4. The molecule has 0 unspecified atom stereocenters. The number of hydrogen-bond donors (Lipinski definition) is 1. The highest BCUT2D eigenvalue weighted by Gasteiger charge is 2.35. The molecule has 0 fully saturated rings. The summed E-state index contributed by atoms with van der Waals surface area (Å²) in [4.78, 5) is 12.6. The van der Waals surface area contributed by atoms with Crippen LogP contribution in [-0.2, 0) is 17.7 Å². The van der Waals surface area contributed by atoms with Crippen molar-refractivity contribution in [3.8, 4) is 17.7 Å². The summed E-state index contributed by atoms with van der Waals surface area (Å²) in [5, 5.41) is 16.0. The van der Waals surface area contributed by atoms with Gasteiger partial charge < -0.3 is 14.8 Å². The quantitative estimate of drug-likeness (QED) is 0.814. The smallest absolute Gasteiger partial charge is 0.491 e. The van der Waals surface area contributed by atoms with Gasteiger partial charge in [-0.05, 0) is 36.6 Å². The molecule has 0 radical (unpaired) electrons. The van der Waals surface area contributed by atoms with E-state index in [9.17, 15) is 18.0 Å². The summed E-state index contributed by atoms with van der Waals surface area (Å²) in [6.45, 7) is 0.103. The first kappa shape index (κ1) is 20.0. The zero-order valence-corrected chi connectivity index (χ0v) is 15.6. The zero-order valence-electron chi connectivity index (χ0n) is 15.6. The Bertz CT molecular complexity index is 973. The minimum atomic E-state index is -4.74. The second-order valence-corrected chi connectivity index (χ2v) is 7.00.